The molecule has 0 aromatic heterocycles. The number of aliphatic hydroxyl groups excluding tert-OH is 1. The molecule has 4 heteroatoms. The van der Waals surface area contributed by atoms with Crippen LogP contribution in [0.4, 0.5) is 0 Å². The molecule has 0 aliphatic carbocycles. The minimum absolute atomic E-state index is 0.249. The highest BCUT2D eigenvalue weighted by atomic mass is 16.5. The number of nitriles is 1. The zero-order chi connectivity index (χ0) is 12.1. The number of nitrogens with zero attached hydrogens (tertiary/aromatic N) is 1. The Kier molecular flexibility index (Phi) is 4.03. The number of hydrogen-bond acceptors (Lipinski definition) is 4. The van der Waals surface area contributed by atoms with Gasteiger partial charge in [0.2, 0.25) is 0 Å². The third-order valence-corrected chi connectivity index (χ3v) is 2.46. The number of rotatable bonds is 3. The number of esters is 1. The summed E-state index contributed by atoms with van der Waals surface area (Å²) < 4.78 is 4.59. The van der Waals surface area contributed by atoms with E-state index < -0.39 is 5.97 Å². The summed E-state index contributed by atoms with van der Waals surface area (Å²) >= 11 is 0. The molecule has 0 radical (unpaired) electrons. The van der Waals surface area contributed by atoms with Crippen LogP contribution in [0.3, 0.4) is 0 Å². The first-order chi connectivity index (χ1) is 7.69. The fraction of sp³-hybridized carbons (Fsp3) is 0.333. The monoisotopic (exact) mass is 219 g/mol. The summed E-state index contributed by atoms with van der Waals surface area (Å²) in [6, 6.07) is 5.31. The summed E-state index contributed by atoms with van der Waals surface area (Å²) in [5.74, 6) is -0.539. The predicted octanol–water partition coefficient (Wildman–Crippen LogP) is 1.40. The fourth-order valence-corrected chi connectivity index (χ4v) is 1.60. The van der Waals surface area contributed by atoms with Gasteiger partial charge in [-0.25, -0.2) is 4.79 Å². The van der Waals surface area contributed by atoms with Crippen LogP contribution in [0.15, 0.2) is 12.1 Å². The van der Waals surface area contributed by atoms with E-state index in [0.717, 1.165) is 5.56 Å². The van der Waals surface area contributed by atoms with Gasteiger partial charge in [0.05, 0.1) is 30.9 Å². The Morgan fingerprint density at radius 3 is 2.69 bits per heavy atom. The van der Waals surface area contributed by atoms with Crippen LogP contribution in [0.5, 0.6) is 0 Å². The van der Waals surface area contributed by atoms with E-state index in [9.17, 15) is 9.90 Å². The summed E-state index contributed by atoms with van der Waals surface area (Å²) in [5.41, 5.74) is 1.78. The smallest absolute Gasteiger partial charge is 0.338 e. The van der Waals surface area contributed by atoms with Crippen molar-refractivity contribution < 1.29 is 14.6 Å². The Balaban J connectivity index is 3.44. The average molecular weight is 219 g/mol. The van der Waals surface area contributed by atoms with Gasteiger partial charge in [0.25, 0.3) is 0 Å². The molecule has 0 unspecified atom stereocenters. The van der Waals surface area contributed by atoms with Gasteiger partial charge >= 0.3 is 5.97 Å². The first-order valence-electron chi connectivity index (χ1n) is 4.93. The van der Waals surface area contributed by atoms with Gasteiger partial charge in [-0.3, -0.25) is 0 Å². The molecule has 0 saturated heterocycles. The van der Waals surface area contributed by atoms with Crippen molar-refractivity contribution in [3.8, 4) is 6.07 Å². The second-order valence-corrected chi connectivity index (χ2v) is 3.24. The SMILES string of the molecule is CCc1ccc(C(=O)OC)c(CO)c1C#N. The fourth-order valence-electron chi connectivity index (χ4n) is 1.60. The van der Waals surface area contributed by atoms with Crippen molar-refractivity contribution >= 4 is 5.97 Å². The minimum Gasteiger partial charge on any atom is -0.465 e. The number of carbonyl (C=O) groups is 1. The number of ether oxygens (including phenoxy) is 1. The number of carbonyl (C=O) groups excluding carboxylic acids is 1. The minimum atomic E-state index is -0.539. The predicted molar refractivity (Wildman–Crippen MR) is 57.8 cm³/mol. The Labute approximate surface area is 94.1 Å². The summed E-state index contributed by atoms with van der Waals surface area (Å²) in [6.45, 7) is 1.57. The highest BCUT2D eigenvalue weighted by Gasteiger charge is 2.17. The van der Waals surface area contributed by atoms with Gasteiger partial charge in [-0.1, -0.05) is 13.0 Å². The summed E-state index contributed by atoms with van der Waals surface area (Å²) in [5, 5.41) is 18.3. The molecular weight excluding hydrogens is 206 g/mol. The molecule has 0 aliphatic rings. The average Bonchev–Trinajstić information content (AvgIpc) is 2.35. The van der Waals surface area contributed by atoms with Crippen molar-refractivity contribution in [2.75, 3.05) is 7.11 Å². The second-order valence-electron chi connectivity index (χ2n) is 3.24. The van der Waals surface area contributed by atoms with Crippen LogP contribution in [0, 0.1) is 11.3 Å². The van der Waals surface area contributed by atoms with Crippen LogP contribution in [-0.2, 0) is 17.8 Å². The molecule has 4 nitrogen and oxygen atoms in total. The lowest BCUT2D eigenvalue weighted by atomic mass is 9.96. The number of hydrogen-bond donors (Lipinski definition) is 1. The maximum Gasteiger partial charge on any atom is 0.338 e. The van der Waals surface area contributed by atoms with Crippen molar-refractivity contribution in [2.45, 2.75) is 20.0 Å². The van der Waals surface area contributed by atoms with Gasteiger partial charge in [-0.15, -0.1) is 0 Å². The molecular formula is C12H13NO3. The molecule has 0 saturated carbocycles. The molecule has 16 heavy (non-hydrogen) atoms. The maximum atomic E-state index is 11.4. The van der Waals surface area contributed by atoms with E-state index in [0.29, 0.717) is 17.5 Å². The molecule has 1 rings (SSSR count). The lowest BCUT2D eigenvalue weighted by Crippen LogP contribution is -2.09. The van der Waals surface area contributed by atoms with Crippen molar-refractivity contribution in [1.82, 2.24) is 0 Å². The maximum absolute atomic E-state index is 11.4. The van der Waals surface area contributed by atoms with E-state index in [-0.39, 0.29) is 12.2 Å². The van der Waals surface area contributed by atoms with E-state index in [1.54, 1.807) is 12.1 Å². The summed E-state index contributed by atoms with van der Waals surface area (Å²) in [4.78, 5) is 11.4. The summed E-state index contributed by atoms with van der Waals surface area (Å²) in [6.07, 6.45) is 0.678. The highest BCUT2D eigenvalue weighted by molar-refractivity contribution is 5.92. The third kappa shape index (κ3) is 2.05. The molecule has 0 heterocycles. The first kappa shape index (κ1) is 12.2. The van der Waals surface area contributed by atoms with E-state index in [2.05, 4.69) is 4.74 Å². The Hall–Kier alpha value is -1.86. The number of aliphatic hydroxyl groups is 1. The lowest BCUT2D eigenvalue weighted by molar-refractivity contribution is 0.0597. The molecule has 1 N–H and O–H groups in total. The normalized spacial score (nSPS) is 9.62. The van der Waals surface area contributed by atoms with E-state index in [1.165, 1.54) is 7.11 Å². The lowest BCUT2D eigenvalue weighted by Gasteiger charge is -2.10. The van der Waals surface area contributed by atoms with Gasteiger partial charge in [-0.2, -0.15) is 5.26 Å². The van der Waals surface area contributed by atoms with E-state index in [4.69, 9.17) is 5.26 Å². The topological polar surface area (TPSA) is 70.3 Å². The third-order valence-electron chi connectivity index (χ3n) is 2.46. The Bertz CT molecular complexity index is 446. The Morgan fingerprint density at radius 1 is 1.56 bits per heavy atom. The number of benzene rings is 1. The van der Waals surface area contributed by atoms with Gasteiger partial charge < -0.3 is 9.84 Å². The molecule has 0 aliphatic heterocycles. The van der Waals surface area contributed by atoms with Gasteiger partial charge in [0, 0.05) is 5.56 Å². The van der Waals surface area contributed by atoms with Crippen LogP contribution in [-0.4, -0.2) is 18.2 Å². The zero-order valence-corrected chi connectivity index (χ0v) is 9.28. The Morgan fingerprint density at radius 2 is 2.25 bits per heavy atom. The van der Waals surface area contributed by atoms with Crippen molar-refractivity contribution in [3.05, 3.63) is 34.4 Å². The standard InChI is InChI=1S/C12H13NO3/c1-3-8-4-5-9(12(15)16-2)11(7-14)10(8)6-13/h4-5,14H,3,7H2,1-2H3. The summed E-state index contributed by atoms with van der Waals surface area (Å²) in [7, 11) is 1.27. The van der Waals surface area contributed by atoms with Crippen molar-refractivity contribution in [3.63, 3.8) is 0 Å². The number of methoxy groups -OCH3 is 1. The molecule has 0 atom stereocenters. The van der Waals surface area contributed by atoms with Crippen LogP contribution < -0.4 is 0 Å². The van der Waals surface area contributed by atoms with E-state index in [1.807, 2.05) is 13.0 Å². The van der Waals surface area contributed by atoms with Gasteiger partial charge in [-0.05, 0) is 18.1 Å². The molecule has 84 valence electrons. The van der Waals surface area contributed by atoms with Crippen molar-refractivity contribution in [1.29, 1.82) is 5.26 Å². The highest BCUT2D eigenvalue weighted by Crippen LogP contribution is 2.20. The second kappa shape index (κ2) is 5.29. The van der Waals surface area contributed by atoms with Crippen LogP contribution in [0.25, 0.3) is 0 Å². The molecule has 1 aromatic carbocycles. The molecule has 0 amide bonds. The van der Waals surface area contributed by atoms with Crippen LogP contribution in [0.2, 0.25) is 0 Å². The quantitative estimate of drug-likeness (QED) is 0.780. The largest absolute Gasteiger partial charge is 0.465 e. The first-order valence-corrected chi connectivity index (χ1v) is 4.93. The zero-order valence-electron chi connectivity index (χ0n) is 9.28. The number of aryl methyl sites for hydroxylation is 1. The van der Waals surface area contributed by atoms with Crippen LogP contribution >= 0.6 is 0 Å². The van der Waals surface area contributed by atoms with Gasteiger partial charge in [0.15, 0.2) is 0 Å². The molecule has 1 aromatic rings. The van der Waals surface area contributed by atoms with Gasteiger partial charge in [0.1, 0.15) is 0 Å². The van der Waals surface area contributed by atoms with Crippen molar-refractivity contribution in [2.24, 2.45) is 0 Å². The van der Waals surface area contributed by atoms with Crippen LogP contribution in [0.1, 0.15) is 34.0 Å². The molecule has 0 fully saturated rings. The molecule has 0 spiro atoms. The van der Waals surface area contributed by atoms with E-state index >= 15 is 0 Å². The molecule has 0 bridgehead atoms.